The number of benzene rings is 3. The van der Waals surface area contributed by atoms with E-state index in [1.165, 1.54) is 176 Å². The molecule has 0 heterocycles. The summed E-state index contributed by atoms with van der Waals surface area (Å²) in [4.78, 5) is -0.823. The van der Waals surface area contributed by atoms with E-state index < -0.39 is 30.0 Å². The lowest BCUT2D eigenvalue weighted by Crippen LogP contribution is -2.49. The van der Waals surface area contributed by atoms with Gasteiger partial charge >= 0.3 is 0 Å². The van der Waals surface area contributed by atoms with E-state index in [9.17, 15) is 16.8 Å². The number of hydrogen-bond acceptors (Lipinski definition) is 4. The molecule has 0 fully saturated rings. The molecule has 0 aliphatic carbocycles. The van der Waals surface area contributed by atoms with Crippen molar-refractivity contribution in [3.8, 4) is 0 Å². The maximum Gasteiger partial charge on any atom is 0.295 e. The fourth-order valence-corrected chi connectivity index (χ4v) is 8.45. The molecule has 0 radical (unpaired) electrons. The number of nitrogens with zero attached hydrogens (tertiary/aromatic N) is 1. The molecular weight excluding hydrogens is 679 g/mol. The van der Waals surface area contributed by atoms with Crippen molar-refractivity contribution in [2.24, 2.45) is 0 Å². The van der Waals surface area contributed by atoms with Gasteiger partial charge in [-0.1, -0.05) is 152 Å². The van der Waals surface area contributed by atoms with Gasteiger partial charge in [0, 0.05) is 16.3 Å². The first-order valence-electron chi connectivity index (χ1n) is 19.7. The van der Waals surface area contributed by atoms with Gasteiger partial charge in [0.25, 0.3) is 20.2 Å². The van der Waals surface area contributed by atoms with Gasteiger partial charge in [0.05, 0.1) is 19.6 Å². The Balaban J connectivity index is 0.000000418. The van der Waals surface area contributed by atoms with Gasteiger partial charge in [-0.3, -0.25) is 9.11 Å². The minimum atomic E-state index is -4.47. The molecule has 0 unspecified atom stereocenters. The zero-order chi connectivity index (χ0) is 37.6. The molecule has 3 aromatic carbocycles. The molecule has 0 saturated carbocycles. The quantitative estimate of drug-likeness (QED) is 0.0507. The largest absolute Gasteiger partial charge is 0.320 e. The average molecular weight is 747 g/mol. The summed E-state index contributed by atoms with van der Waals surface area (Å²) in [5.41, 5.74) is 2.95. The maximum absolute atomic E-state index is 11.2. The summed E-state index contributed by atoms with van der Waals surface area (Å²) < 4.78 is 64.0. The minimum Gasteiger partial charge on any atom is -0.320 e. The highest BCUT2D eigenvalue weighted by Gasteiger charge is 2.27. The van der Waals surface area contributed by atoms with E-state index in [1.807, 2.05) is 0 Å². The van der Waals surface area contributed by atoms with Gasteiger partial charge in [0.2, 0.25) is 0 Å². The third-order valence-corrected chi connectivity index (χ3v) is 11.8. The number of aryl methyl sites for hydroxylation is 1. The first-order valence-corrected chi connectivity index (χ1v) is 22.6. The van der Waals surface area contributed by atoms with E-state index in [0.717, 1.165) is 12.1 Å². The third-order valence-electron chi connectivity index (χ3n) is 9.99. The minimum absolute atomic E-state index is 0.0233. The molecule has 3 rings (SSSR count). The summed E-state index contributed by atoms with van der Waals surface area (Å²) in [7, 11) is -8.94. The van der Waals surface area contributed by atoms with E-state index in [0.29, 0.717) is 0 Å². The fraction of sp³-hybridized carbons (Fsp3) is 0.619. The molecule has 51 heavy (non-hydrogen) atoms. The Kier molecular flexibility index (Phi) is 21.2. The van der Waals surface area contributed by atoms with Crippen LogP contribution >= 0.6 is 0 Å². The van der Waals surface area contributed by atoms with Crippen molar-refractivity contribution < 1.29 is 30.4 Å². The first-order chi connectivity index (χ1) is 24.4. The second-order valence-electron chi connectivity index (χ2n) is 14.5. The highest BCUT2D eigenvalue weighted by molar-refractivity contribution is 7.86. The number of fused-ring (bicyclic) bond motifs is 1. The van der Waals surface area contributed by atoms with Crippen LogP contribution in [0.25, 0.3) is 10.8 Å². The summed E-state index contributed by atoms with van der Waals surface area (Å²) in [6.45, 7) is 14.6. The number of quaternary nitrogens is 1. The zero-order valence-corrected chi connectivity index (χ0v) is 33.8. The van der Waals surface area contributed by atoms with E-state index in [1.54, 1.807) is 5.56 Å². The lowest BCUT2D eigenvalue weighted by Gasteiger charge is -2.39. The summed E-state index contributed by atoms with van der Waals surface area (Å²) >= 11 is 0. The molecule has 0 amide bonds. The third kappa shape index (κ3) is 17.4. The molecule has 2 N–H and O–H groups in total. The van der Waals surface area contributed by atoms with Crippen LogP contribution in [0.2, 0.25) is 0 Å². The average Bonchev–Trinajstić information content (AvgIpc) is 3.09. The first kappa shape index (κ1) is 44.9. The summed E-state index contributed by atoms with van der Waals surface area (Å²) in [6, 6.07) is 17.0. The van der Waals surface area contributed by atoms with Gasteiger partial charge < -0.3 is 4.48 Å². The van der Waals surface area contributed by atoms with Crippen LogP contribution in [0.4, 0.5) is 0 Å². The van der Waals surface area contributed by atoms with Crippen molar-refractivity contribution in [3.05, 3.63) is 71.8 Å². The van der Waals surface area contributed by atoms with Crippen LogP contribution in [0.3, 0.4) is 0 Å². The number of unbranched alkanes of at least 4 members (excludes halogenated alkanes) is 15. The van der Waals surface area contributed by atoms with Crippen LogP contribution < -0.4 is 0 Å². The Morgan fingerprint density at radius 1 is 0.471 bits per heavy atom. The normalized spacial score (nSPS) is 12.2. The molecule has 0 aromatic heterocycles. The SMILES string of the molecule is CCCCCCCC[N+](CCCCCCCC)(CCCCCCCC)Cc1ccc(C)cc1.O=S(=O)(O)c1cccc2c(S(=O)(=O)O)cccc12. The topological polar surface area (TPSA) is 109 Å². The van der Waals surface area contributed by atoms with Crippen LogP contribution in [-0.2, 0) is 26.8 Å². The molecule has 7 nitrogen and oxygen atoms in total. The van der Waals surface area contributed by atoms with Gasteiger partial charge in [-0.25, -0.2) is 0 Å². The Hall–Kier alpha value is -2.30. The molecule has 0 spiro atoms. The maximum atomic E-state index is 11.2. The molecule has 0 aliphatic heterocycles. The zero-order valence-electron chi connectivity index (χ0n) is 32.1. The second-order valence-corrected chi connectivity index (χ2v) is 17.3. The lowest BCUT2D eigenvalue weighted by molar-refractivity contribution is -0.941. The van der Waals surface area contributed by atoms with Crippen LogP contribution in [0.5, 0.6) is 0 Å². The molecule has 0 atom stereocenters. The Labute approximate surface area is 311 Å². The predicted molar refractivity (Wildman–Crippen MR) is 213 cm³/mol. The molecule has 288 valence electrons. The van der Waals surface area contributed by atoms with Gasteiger partial charge in [-0.05, 0) is 57.6 Å². The van der Waals surface area contributed by atoms with Gasteiger partial charge in [0.15, 0.2) is 0 Å². The molecule has 9 heteroatoms. The standard InChI is InChI=1S/C32H60N.C10H8O6S2/c1-5-8-11-14-17-20-27-33(28-21-18-15-12-9-6-2,29-22-19-16-13-10-7-3)30-32-25-23-31(4)24-26-32;11-17(12,13)9-5-1-3-7-8(9)4-2-6-10(7)18(14,15)16/h23-26H,5-22,27-30H2,1-4H3;1-6H,(H,11,12,13)(H,14,15,16)/q+1;. The van der Waals surface area contributed by atoms with E-state index in [-0.39, 0.29) is 10.8 Å². The molecule has 0 saturated heterocycles. The van der Waals surface area contributed by atoms with Crippen molar-refractivity contribution in [1.29, 1.82) is 0 Å². The highest BCUT2D eigenvalue weighted by atomic mass is 32.2. The van der Waals surface area contributed by atoms with Gasteiger partial charge in [0.1, 0.15) is 16.3 Å². The lowest BCUT2D eigenvalue weighted by atomic mass is 10.0. The number of rotatable bonds is 25. The molecule has 3 aromatic rings. The Bertz CT molecular complexity index is 1490. The van der Waals surface area contributed by atoms with E-state index in [4.69, 9.17) is 9.11 Å². The summed E-state index contributed by atoms with van der Waals surface area (Å²) in [5.74, 6) is 0. The second kappa shape index (κ2) is 24.1. The molecular formula is C42H68NO6S2+. The van der Waals surface area contributed by atoms with Crippen molar-refractivity contribution in [1.82, 2.24) is 0 Å². The van der Waals surface area contributed by atoms with E-state index in [2.05, 4.69) is 52.0 Å². The van der Waals surface area contributed by atoms with Crippen molar-refractivity contribution in [2.75, 3.05) is 19.6 Å². The summed E-state index contributed by atoms with van der Waals surface area (Å²) in [6.07, 6.45) is 25.5. The van der Waals surface area contributed by atoms with Crippen molar-refractivity contribution in [2.45, 2.75) is 160 Å². The highest BCUT2D eigenvalue weighted by Crippen LogP contribution is 2.28. The molecule has 0 aliphatic rings. The van der Waals surface area contributed by atoms with Gasteiger partial charge in [-0.15, -0.1) is 0 Å². The van der Waals surface area contributed by atoms with Crippen molar-refractivity contribution in [3.63, 3.8) is 0 Å². The molecule has 0 bridgehead atoms. The van der Waals surface area contributed by atoms with Crippen LogP contribution in [0.15, 0.2) is 70.5 Å². The number of hydrogen-bond donors (Lipinski definition) is 2. The Morgan fingerprint density at radius 2 is 0.804 bits per heavy atom. The van der Waals surface area contributed by atoms with Gasteiger partial charge in [-0.2, -0.15) is 16.8 Å². The summed E-state index contributed by atoms with van der Waals surface area (Å²) in [5, 5.41) is 0.0465. The fourth-order valence-electron chi connectivity index (χ4n) is 7.04. The van der Waals surface area contributed by atoms with E-state index >= 15 is 0 Å². The monoisotopic (exact) mass is 746 g/mol. The van der Waals surface area contributed by atoms with Crippen LogP contribution in [0, 0.1) is 6.92 Å². The van der Waals surface area contributed by atoms with Crippen LogP contribution in [0.1, 0.15) is 147 Å². The predicted octanol–water partition coefficient (Wildman–Crippen LogP) is 11.7. The smallest absolute Gasteiger partial charge is 0.295 e. The Morgan fingerprint density at radius 3 is 1.14 bits per heavy atom. The van der Waals surface area contributed by atoms with Crippen molar-refractivity contribution >= 4 is 31.0 Å². The van der Waals surface area contributed by atoms with Crippen LogP contribution in [-0.4, -0.2) is 50.1 Å².